The van der Waals surface area contributed by atoms with Gasteiger partial charge < -0.3 is 9.47 Å². The Morgan fingerprint density at radius 3 is 2.28 bits per heavy atom. The first-order chi connectivity index (χ1) is 15.1. The maximum atomic E-state index is 13.1. The average molecular weight is 462 g/mol. The van der Waals surface area contributed by atoms with Crippen molar-refractivity contribution in [1.29, 1.82) is 0 Å². The fourth-order valence-corrected chi connectivity index (χ4v) is 4.14. The second kappa shape index (κ2) is 8.83. The molecule has 170 valence electrons. The third-order valence-corrected chi connectivity index (χ3v) is 5.83. The molecule has 0 saturated carbocycles. The number of rotatable bonds is 8. The number of para-hydroxylation sites is 1. The number of nitro benzene ring substituents is 1. The van der Waals surface area contributed by atoms with Crippen molar-refractivity contribution >= 4 is 21.4 Å². The Morgan fingerprint density at radius 2 is 1.75 bits per heavy atom. The van der Waals surface area contributed by atoms with Gasteiger partial charge in [0.2, 0.25) is 0 Å². The molecule has 32 heavy (non-hydrogen) atoms. The van der Waals surface area contributed by atoms with Gasteiger partial charge in [-0.15, -0.1) is 5.10 Å². The van der Waals surface area contributed by atoms with Crippen LogP contribution in [0.1, 0.15) is 31.2 Å². The van der Waals surface area contributed by atoms with E-state index in [9.17, 15) is 18.5 Å². The molecule has 0 aliphatic carbocycles. The number of methoxy groups -OCH3 is 2. The third-order valence-electron chi connectivity index (χ3n) is 4.70. The van der Waals surface area contributed by atoms with Crippen molar-refractivity contribution in [3.05, 3.63) is 57.9 Å². The second-order valence-corrected chi connectivity index (χ2v) is 8.76. The molecule has 11 nitrogen and oxygen atoms in total. The largest absolute Gasteiger partial charge is 0.497 e. The number of anilines is 1. The summed E-state index contributed by atoms with van der Waals surface area (Å²) in [5, 5.41) is 15.1. The zero-order valence-corrected chi connectivity index (χ0v) is 19.0. The molecule has 0 fully saturated rings. The molecule has 1 aromatic heterocycles. The summed E-state index contributed by atoms with van der Waals surface area (Å²) >= 11 is 0. The smallest absolute Gasteiger partial charge is 0.299 e. The molecule has 2 aromatic carbocycles. The number of benzene rings is 2. The number of sulfonamides is 1. The van der Waals surface area contributed by atoms with E-state index in [1.165, 1.54) is 31.0 Å². The SMILES string of the molecule is COc1cc(OC)cc(-n2nc(S(=O)(=O)Nc3c(C(C)C)cccc3[N+](=O)[O-])nc2C)c1. The summed E-state index contributed by atoms with van der Waals surface area (Å²) in [5.41, 5.74) is 0.496. The van der Waals surface area contributed by atoms with Crippen molar-refractivity contribution in [3.63, 3.8) is 0 Å². The van der Waals surface area contributed by atoms with E-state index in [0.717, 1.165) is 0 Å². The third kappa shape index (κ3) is 4.49. The van der Waals surface area contributed by atoms with Crippen LogP contribution in [0.4, 0.5) is 11.4 Å². The van der Waals surface area contributed by atoms with E-state index in [0.29, 0.717) is 22.7 Å². The first kappa shape index (κ1) is 23.0. The molecule has 0 saturated heterocycles. The predicted octanol–water partition coefficient (Wildman–Crippen LogP) is 3.43. The van der Waals surface area contributed by atoms with Gasteiger partial charge in [0.05, 0.1) is 24.8 Å². The highest BCUT2D eigenvalue weighted by Gasteiger charge is 2.28. The molecule has 0 atom stereocenters. The van der Waals surface area contributed by atoms with Crippen LogP contribution >= 0.6 is 0 Å². The summed E-state index contributed by atoms with van der Waals surface area (Å²) < 4.78 is 40.3. The highest BCUT2D eigenvalue weighted by molar-refractivity contribution is 7.92. The van der Waals surface area contributed by atoms with Crippen molar-refractivity contribution in [1.82, 2.24) is 14.8 Å². The molecule has 0 radical (unpaired) electrons. The zero-order valence-electron chi connectivity index (χ0n) is 18.2. The molecule has 0 spiro atoms. The molecule has 0 aliphatic rings. The zero-order chi connectivity index (χ0) is 23.6. The Labute approximate surface area is 185 Å². The van der Waals surface area contributed by atoms with Crippen LogP contribution in [0.3, 0.4) is 0 Å². The van der Waals surface area contributed by atoms with Crippen LogP contribution in [0.5, 0.6) is 11.5 Å². The quantitative estimate of drug-likeness (QED) is 0.398. The van der Waals surface area contributed by atoms with E-state index < -0.39 is 20.1 Å². The lowest BCUT2D eigenvalue weighted by Crippen LogP contribution is -2.17. The minimum absolute atomic E-state index is 0.107. The monoisotopic (exact) mass is 461 g/mol. The van der Waals surface area contributed by atoms with Gasteiger partial charge in [-0.1, -0.05) is 26.0 Å². The number of hydrogen-bond acceptors (Lipinski definition) is 8. The van der Waals surface area contributed by atoms with Gasteiger partial charge >= 0.3 is 0 Å². The summed E-state index contributed by atoms with van der Waals surface area (Å²) in [5.74, 6) is 1.09. The topological polar surface area (TPSA) is 138 Å². The van der Waals surface area contributed by atoms with Crippen LogP contribution in [0.25, 0.3) is 5.69 Å². The minimum Gasteiger partial charge on any atom is -0.497 e. The van der Waals surface area contributed by atoms with Crippen LogP contribution in [0.2, 0.25) is 0 Å². The van der Waals surface area contributed by atoms with Crippen LogP contribution < -0.4 is 14.2 Å². The van der Waals surface area contributed by atoms with E-state index in [1.54, 1.807) is 31.2 Å². The molecule has 1 heterocycles. The number of ether oxygens (including phenoxy) is 2. The number of aryl methyl sites for hydroxylation is 1. The van der Waals surface area contributed by atoms with E-state index in [2.05, 4.69) is 14.8 Å². The fraction of sp³-hybridized carbons (Fsp3) is 0.300. The maximum Gasteiger partial charge on any atom is 0.299 e. The van der Waals surface area contributed by atoms with Gasteiger partial charge in [0, 0.05) is 24.3 Å². The van der Waals surface area contributed by atoms with Crippen LogP contribution in [-0.2, 0) is 10.0 Å². The van der Waals surface area contributed by atoms with Crippen molar-refractivity contribution in [2.45, 2.75) is 31.8 Å². The van der Waals surface area contributed by atoms with Gasteiger partial charge in [-0.2, -0.15) is 8.42 Å². The molecular formula is C20H23N5O6S. The second-order valence-electron chi connectivity index (χ2n) is 7.18. The molecule has 1 N–H and O–H groups in total. The average Bonchev–Trinajstić information content (AvgIpc) is 3.15. The maximum absolute atomic E-state index is 13.1. The first-order valence-electron chi connectivity index (χ1n) is 9.54. The summed E-state index contributed by atoms with van der Waals surface area (Å²) in [4.78, 5) is 14.9. The molecule has 3 aromatic rings. The Balaban J connectivity index is 2.07. The molecule has 3 rings (SSSR count). The lowest BCUT2D eigenvalue weighted by atomic mass is 10.0. The van der Waals surface area contributed by atoms with Crippen molar-refractivity contribution in [3.8, 4) is 17.2 Å². The van der Waals surface area contributed by atoms with E-state index in [4.69, 9.17) is 9.47 Å². The summed E-state index contributed by atoms with van der Waals surface area (Å²) in [6.07, 6.45) is 0. The fourth-order valence-electron chi connectivity index (χ4n) is 3.12. The Hall–Kier alpha value is -3.67. The van der Waals surface area contributed by atoms with E-state index in [-0.39, 0.29) is 23.1 Å². The molecule has 0 amide bonds. The number of hydrogen-bond donors (Lipinski definition) is 1. The van der Waals surface area contributed by atoms with Crippen LogP contribution in [0.15, 0.2) is 41.6 Å². The molecule has 0 unspecified atom stereocenters. The molecule has 0 bridgehead atoms. The number of nitrogens with one attached hydrogen (secondary N) is 1. The Bertz CT molecular complexity index is 1250. The lowest BCUT2D eigenvalue weighted by Gasteiger charge is -2.13. The van der Waals surface area contributed by atoms with Crippen molar-refractivity contribution in [2.75, 3.05) is 18.9 Å². The van der Waals surface area contributed by atoms with Crippen LogP contribution in [-0.4, -0.2) is 42.3 Å². The lowest BCUT2D eigenvalue weighted by molar-refractivity contribution is -0.383. The Morgan fingerprint density at radius 1 is 1.12 bits per heavy atom. The molecule has 0 aliphatic heterocycles. The summed E-state index contributed by atoms with van der Waals surface area (Å²) in [6, 6.07) is 9.34. The van der Waals surface area contributed by atoms with Gasteiger partial charge in [0.1, 0.15) is 23.0 Å². The van der Waals surface area contributed by atoms with Crippen molar-refractivity contribution in [2.24, 2.45) is 0 Å². The van der Waals surface area contributed by atoms with Gasteiger partial charge in [0.25, 0.3) is 20.9 Å². The van der Waals surface area contributed by atoms with Gasteiger partial charge in [-0.3, -0.25) is 14.8 Å². The number of aromatic nitrogens is 3. The molecule has 12 heteroatoms. The highest BCUT2D eigenvalue weighted by atomic mass is 32.2. The number of nitrogens with zero attached hydrogens (tertiary/aromatic N) is 4. The molecular weight excluding hydrogens is 438 g/mol. The van der Waals surface area contributed by atoms with Crippen LogP contribution in [0, 0.1) is 17.0 Å². The van der Waals surface area contributed by atoms with E-state index >= 15 is 0 Å². The minimum atomic E-state index is -4.33. The summed E-state index contributed by atoms with van der Waals surface area (Å²) in [7, 11) is -1.34. The van der Waals surface area contributed by atoms with E-state index in [1.807, 2.05) is 13.8 Å². The standard InChI is InChI=1S/C20H23N5O6S/c1-12(2)17-7-6-8-18(25(26)27)19(17)23-32(28,29)20-21-13(3)24(22-20)14-9-15(30-4)11-16(10-14)31-5/h6-12,23H,1-5H3. The highest BCUT2D eigenvalue weighted by Crippen LogP contribution is 2.34. The summed E-state index contributed by atoms with van der Waals surface area (Å²) in [6.45, 7) is 5.21. The van der Waals surface area contributed by atoms with Gasteiger partial charge in [-0.25, -0.2) is 9.67 Å². The van der Waals surface area contributed by atoms with Gasteiger partial charge in [-0.05, 0) is 18.4 Å². The van der Waals surface area contributed by atoms with Crippen molar-refractivity contribution < 1.29 is 22.8 Å². The number of nitro groups is 1. The Kier molecular flexibility index (Phi) is 6.35. The normalized spacial score (nSPS) is 11.4. The predicted molar refractivity (Wildman–Crippen MR) is 117 cm³/mol. The van der Waals surface area contributed by atoms with Gasteiger partial charge in [0.15, 0.2) is 0 Å². The first-order valence-corrected chi connectivity index (χ1v) is 11.0.